The molecular weight excluding hydrogens is 147 g/mol. The van der Waals surface area contributed by atoms with Gasteiger partial charge in [0.25, 0.3) is 0 Å². The van der Waals surface area contributed by atoms with Crippen molar-refractivity contribution < 1.29 is 0 Å². The molecule has 0 amide bonds. The minimum absolute atomic E-state index is 0.944. The monoisotopic (exact) mass is 157 g/mol. The maximum absolute atomic E-state index is 5.15. The highest BCUT2D eigenvalue weighted by Gasteiger charge is 1.88. The van der Waals surface area contributed by atoms with Crippen molar-refractivity contribution in [2.24, 2.45) is 5.73 Å². The Kier molecular flexibility index (Phi) is 3.71. The second kappa shape index (κ2) is 5.19. The molecule has 1 aromatic rings. The van der Waals surface area contributed by atoms with Crippen LogP contribution >= 0.6 is 0 Å². The van der Waals surface area contributed by atoms with Gasteiger partial charge in [0.2, 0.25) is 7.28 Å². The van der Waals surface area contributed by atoms with Gasteiger partial charge in [-0.25, -0.2) is 0 Å². The van der Waals surface area contributed by atoms with Crippen LogP contribution in [0.1, 0.15) is 0 Å². The van der Waals surface area contributed by atoms with Crippen molar-refractivity contribution >= 4 is 12.9 Å². The van der Waals surface area contributed by atoms with Crippen LogP contribution in [-0.4, -0.2) is 12.3 Å². The minimum Gasteiger partial charge on any atom is -0.405 e. The number of aromatic nitrogens is 1. The summed E-state index contributed by atoms with van der Waals surface area (Å²) in [7, 11) is 1.92. The van der Waals surface area contributed by atoms with Gasteiger partial charge in [0.1, 0.15) is 0 Å². The van der Waals surface area contributed by atoms with Crippen molar-refractivity contribution in [2.75, 3.05) is 0 Å². The third-order valence-corrected chi connectivity index (χ3v) is 1.29. The first-order valence-corrected chi connectivity index (χ1v) is 3.73. The smallest absolute Gasteiger partial charge is 0.207 e. The fraction of sp³-hybridized carbons (Fsp3) is 0. The Labute approximate surface area is 73.1 Å². The van der Waals surface area contributed by atoms with Crippen molar-refractivity contribution in [3.05, 3.63) is 48.7 Å². The van der Waals surface area contributed by atoms with Crippen LogP contribution in [-0.2, 0) is 0 Å². The summed E-state index contributed by atoms with van der Waals surface area (Å²) in [5, 5.41) is 0. The molecule has 0 unspecified atom stereocenters. The highest BCUT2D eigenvalue weighted by molar-refractivity contribution is 6.57. The molecule has 2 nitrogen and oxygen atoms in total. The normalized spacial score (nSPS) is 11.0. The van der Waals surface area contributed by atoms with Crippen LogP contribution in [0, 0.1) is 0 Å². The minimum atomic E-state index is 0.944. The van der Waals surface area contributed by atoms with Crippen molar-refractivity contribution in [3.8, 4) is 0 Å². The molecule has 0 aliphatic rings. The zero-order chi connectivity index (χ0) is 8.65. The van der Waals surface area contributed by atoms with Crippen molar-refractivity contribution in [1.82, 2.24) is 4.98 Å². The van der Waals surface area contributed by atoms with Crippen LogP contribution in [0.2, 0.25) is 0 Å². The number of nitrogens with two attached hydrogens (primary N) is 1. The Bertz CT molecular complexity index is 267. The van der Waals surface area contributed by atoms with Gasteiger partial charge in [-0.1, -0.05) is 18.2 Å². The van der Waals surface area contributed by atoms with Gasteiger partial charge in [-0.3, -0.25) is 4.98 Å². The molecule has 0 aliphatic carbocycles. The first kappa shape index (κ1) is 8.59. The highest BCUT2D eigenvalue weighted by Crippen LogP contribution is 1.77. The molecule has 0 atom stereocenters. The average Bonchev–Trinajstić information content (AvgIpc) is 2.14. The van der Waals surface area contributed by atoms with Gasteiger partial charge in [0.05, 0.1) is 0 Å². The van der Waals surface area contributed by atoms with Crippen molar-refractivity contribution in [3.63, 3.8) is 0 Å². The fourth-order valence-electron chi connectivity index (χ4n) is 0.757. The molecule has 12 heavy (non-hydrogen) atoms. The predicted molar refractivity (Wildman–Crippen MR) is 52.1 cm³/mol. The lowest BCUT2D eigenvalue weighted by atomic mass is 9.74. The van der Waals surface area contributed by atoms with E-state index in [0.717, 1.165) is 5.59 Å². The highest BCUT2D eigenvalue weighted by atomic mass is 14.6. The van der Waals surface area contributed by atoms with Gasteiger partial charge in [-0.15, -0.1) is 5.98 Å². The lowest BCUT2D eigenvalue weighted by molar-refractivity contribution is 1.39. The summed E-state index contributed by atoms with van der Waals surface area (Å²) in [6, 6.07) is 5.78. The number of hydrogen-bond acceptors (Lipinski definition) is 2. The first-order valence-electron chi connectivity index (χ1n) is 3.73. The van der Waals surface area contributed by atoms with Gasteiger partial charge in [0, 0.05) is 11.8 Å². The predicted octanol–water partition coefficient (Wildman–Crippen LogP) is 0.397. The standard InChI is InChI=1S/C9H10BN2/c11-7-3-2-6-10-9-5-1-4-8-12-9/h1-8H,11H2/b6-2-,7-3-. The zero-order valence-corrected chi connectivity index (χ0v) is 6.72. The SMILES string of the molecule is N/C=C\C=C/[B]c1ccccn1. The maximum atomic E-state index is 5.15. The van der Waals surface area contributed by atoms with E-state index < -0.39 is 0 Å². The molecule has 0 aromatic carbocycles. The molecule has 1 radical (unpaired) electrons. The number of allylic oxidation sites excluding steroid dienone is 2. The molecule has 2 N–H and O–H groups in total. The lowest BCUT2D eigenvalue weighted by Gasteiger charge is -1.89. The van der Waals surface area contributed by atoms with E-state index in [1.807, 2.05) is 37.5 Å². The van der Waals surface area contributed by atoms with E-state index in [-0.39, 0.29) is 0 Å². The lowest BCUT2D eigenvalue weighted by Crippen LogP contribution is -2.14. The second-order valence-corrected chi connectivity index (χ2v) is 2.19. The van der Waals surface area contributed by atoms with E-state index >= 15 is 0 Å². The number of pyridine rings is 1. The Morgan fingerprint density at radius 2 is 2.25 bits per heavy atom. The van der Waals surface area contributed by atoms with Gasteiger partial charge in [0.15, 0.2) is 0 Å². The quantitative estimate of drug-likeness (QED) is 0.509. The molecule has 0 saturated carbocycles. The average molecular weight is 157 g/mol. The van der Waals surface area contributed by atoms with Crippen LogP contribution in [0.15, 0.2) is 48.7 Å². The molecule has 0 aliphatic heterocycles. The summed E-state index contributed by atoms with van der Waals surface area (Å²) in [4.78, 5) is 4.11. The number of hydrogen-bond donors (Lipinski definition) is 1. The summed E-state index contributed by atoms with van der Waals surface area (Å²) in [6.07, 6.45) is 6.87. The Hall–Kier alpha value is -1.51. The largest absolute Gasteiger partial charge is 0.405 e. The molecule has 3 heteroatoms. The van der Waals surface area contributed by atoms with Gasteiger partial charge in [-0.2, -0.15) is 0 Å². The van der Waals surface area contributed by atoms with Gasteiger partial charge >= 0.3 is 0 Å². The van der Waals surface area contributed by atoms with E-state index in [9.17, 15) is 0 Å². The summed E-state index contributed by atoms with van der Waals surface area (Å²) < 4.78 is 0. The fourth-order valence-corrected chi connectivity index (χ4v) is 0.757. The van der Waals surface area contributed by atoms with Crippen LogP contribution in [0.25, 0.3) is 0 Å². The molecule has 0 fully saturated rings. The molecule has 1 rings (SSSR count). The molecule has 0 bridgehead atoms. The van der Waals surface area contributed by atoms with E-state index in [1.165, 1.54) is 6.20 Å². The maximum Gasteiger partial charge on any atom is 0.207 e. The van der Waals surface area contributed by atoms with Gasteiger partial charge < -0.3 is 5.73 Å². The van der Waals surface area contributed by atoms with Gasteiger partial charge in [-0.05, 0) is 18.3 Å². The Balaban J connectivity index is 2.43. The second-order valence-electron chi connectivity index (χ2n) is 2.19. The Morgan fingerprint density at radius 1 is 1.33 bits per heavy atom. The van der Waals surface area contributed by atoms with Crippen molar-refractivity contribution in [2.45, 2.75) is 0 Å². The van der Waals surface area contributed by atoms with Crippen LogP contribution < -0.4 is 11.3 Å². The topological polar surface area (TPSA) is 38.9 Å². The summed E-state index contributed by atoms with van der Waals surface area (Å²) in [5.74, 6) is 1.89. The van der Waals surface area contributed by atoms with Crippen LogP contribution in [0.3, 0.4) is 0 Å². The molecular formula is C9H10BN2. The molecule has 0 saturated heterocycles. The van der Waals surface area contributed by atoms with Crippen LogP contribution in [0.4, 0.5) is 0 Å². The van der Waals surface area contributed by atoms with E-state index in [2.05, 4.69) is 4.98 Å². The first-order chi connectivity index (χ1) is 5.93. The van der Waals surface area contributed by atoms with Crippen LogP contribution in [0.5, 0.6) is 0 Å². The number of rotatable bonds is 3. The van der Waals surface area contributed by atoms with Crippen molar-refractivity contribution in [1.29, 1.82) is 0 Å². The molecule has 1 aromatic heterocycles. The summed E-state index contributed by atoms with van der Waals surface area (Å²) in [6.45, 7) is 0. The van der Waals surface area contributed by atoms with E-state index in [4.69, 9.17) is 5.73 Å². The summed E-state index contributed by atoms with van der Waals surface area (Å²) in [5.41, 5.74) is 6.09. The summed E-state index contributed by atoms with van der Waals surface area (Å²) >= 11 is 0. The molecule has 0 spiro atoms. The molecule has 1 heterocycles. The zero-order valence-electron chi connectivity index (χ0n) is 6.72. The third-order valence-electron chi connectivity index (χ3n) is 1.29. The van der Waals surface area contributed by atoms with E-state index in [0.29, 0.717) is 0 Å². The Morgan fingerprint density at radius 3 is 2.92 bits per heavy atom. The number of nitrogens with zero attached hydrogens (tertiary/aromatic N) is 1. The third kappa shape index (κ3) is 3.06. The van der Waals surface area contributed by atoms with E-state index in [1.54, 1.807) is 12.3 Å². The molecule has 59 valence electrons.